The Kier molecular flexibility index (Phi) is 7.28. The molecule has 8 nitrogen and oxygen atoms in total. The van der Waals surface area contributed by atoms with Gasteiger partial charge in [0.15, 0.2) is 17.1 Å². The monoisotopic (exact) mass is 453 g/mol. The minimum atomic E-state index is -0.261. The van der Waals surface area contributed by atoms with Crippen LogP contribution in [0.5, 0.6) is 5.75 Å². The summed E-state index contributed by atoms with van der Waals surface area (Å²) in [6.07, 6.45) is -0.261. The van der Waals surface area contributed by atoms with Gasteiger partial charge in [-0.3, -0.25) is 4.79 Å². The molecular weight excluding hydrogens is 426 g/mol. The van der Waals surface area contributed by atoms with Crippen LogP contribution in [0.25, 0.3) is 0 Å². The second-order valence-corrected chi connectivity index (χ2v) is 8.40. The van der Waals surface area contributed by atoms with Crippen molar-refractivity contribution in [1.82, 2.24) is 14.8 Å². The van der Waals surface area contributed by atoms with Gasteiger partial charge in [0.1, 0.15) is 5.75 Å². The highest BCUT2D eigenvalue weighted by Crippen LogP contribution is 2.24. The van der Waals surface area contributed by atoms with Gasteiger partial charge in [-0.15, -0.1) is 10.2 Å². The van der Waals surface area contributed by atoms with Gasteiger partial charge in [-0.25, -0.2) is 0 Å². The van der Waals surface area contributed by atoms with Crippen LogP contribution in [0.1, 0.15) is 18.9 Å². The van der Waals surface area contributed by atoms with E-state index in [1.165, 1.54) is 11.8 Å². The number of carbonyl (C=O) groups excluding carboxylic acids is 1. The SMILES string of the molecule is C[C@H](Oc1ccccc1)c1nnc(SCC(=O)Nc2ccc(N3CCOCC3)cc2)n1C. The molecule has 4 rings (SSSR count). The smallest absolute Gasteiger partial charge is 0.234 e. The molecule has 0 saturated carbocycles. The van der Waals surface area contributed by atoms with Crippen molar-refractivity contribution in [3.8, 4) is 5.75 Å². The highest BCUT2D eigenvalue weighted by Gasteiger charge is 2.18. The quantitative estimate of drug-likeness (QED) is 0.523. The summed E-state index contributed by atoms with van der Waals surface area (Å²) in [5.74, 6) is 1.63. The Morgan fingerprint density at radius 1 is 1.12 bits per heavy atom. The second-order valence-electron chi connectivity index (χ2n) is 7.46. The Bertz CT molecular complexity index is 1020. The van der Waals surface area contributed by atoms with Crippen LogP contribution in [0, 0.1) is 0 Å². The van der Waals surface area contributed by atoms with Gasteiger partial charge in [-0.1, -0.05) is 30.0 Å². The van der Waals surface area contributed by atoms with E-state index < -0.39 is 0 Å². The minimum absolute atomic E-state index is 0.0905. The van der Waals surface area contributed by atoms with Crippen LogP contribution in [0.3, 0.4) is 0 Å². The van der Waals surface area contributed by atoms with Crippen LogP contribution in [-0.2, 0) is 16.6 Å². The predicted molar refractivity (Wildman–Crippen MR) is 125 cm³/mol. The Morgan fingerprint density at radius 3 is 2.56 bits per heavy atom. The largest absolute Gasteiger partial charge is 0.483 e. The summed E-state index contributed by atoms with van der Waals surface area (Å²) >= 11 is 1.34. The number of aromatic nitrogens is 3. The minimum Gasteiger partial charge on any atom is -0.483 e. The van der Waals surface area contributed by atoms with Gasteiger partial charge in [0, 0.05) is 31.5 Å². The van der Waals surface area contributed by atoms with E-state index in [2.05, 4.69) is 20.4 Å². The van der Waals surface area contributed by atoms with E-state index in [9.17, 15) is 4.79 Å². The van der Waals surface area contributed by atoms with Crippen molar-refractivity contribution in [2.45, 2.75) is 18.2 Å². The Labute approximate surface area is 191 Å². The highest BCUT2D eigenvalue weighted by molar-refractivity contribution is 7.99. The van der Waals surface area contributed by atoms with Crippen molar-refractivity contribution in [2.75, 3.05) is 42.3 Å². The van der Waals surface area contributed by atoms with E-state index in [1.54, 1.807) is 0 Å². The molecule has 0 bridgehead atoms. The van der Waals surface area contributed by atoms with Crippen LogP contribution in [0.4, 0.5) is 11.4 Å². The first kappa shape index (κ1) is 22.2. The third kappa shape index (κ3) is 5.60. The molecule has 1 fully saturated rings. The number of ether oxygens (including phenoxy) is 2. The Morgan fingerprint density at radius 2 is 1.84 bits per heavy atom. The number of hydrogen-bond acceptors (Lipinski definition) is 7. The van der Waals surface area contributed by atoms with Gasteiger partial charge in [0.05, 0.1) is 19.0 Å². The second kappa shape index (κ2) is 10.5. The third-order valence-electron chi connectivity index (χ3n) is 5.15. The van der Waals surface area contributed by atoms with E-state index in [4.69, 9.17) is 9.47 Å². The molecule has 1 N–H and O–H groups in total. The lowest BCUT2D eigenvalue weighted by molar-refractivity contribution is -0.113. The lowest BCUT2D eigenvalue weighted by Crippen LogP contribution is -2.36. The number of amides is 1. The fourth-order valence-corrected chi connectivity index (χ4v) is 4.18. The van der Waals surface area contributed by atoms with Crippen LogP contribution in [-0.4, -0.2) is 52.7 Å². The summed E-state index contributed by atoms with van der Waals surface area (Å²) in [6, 6.07) is 17.5. The first-order valence-corrected chi connectivity index (χ1v) is 11.5. The number of nitrogens with zero attached hydrogens (tertiary/aromatic N) is 4. The Hall–Kier alpha value is -3.04. The molecule has 2 heterocycles. The maximum Gasteiger partial charge on any atom is 0.234 e. The van der Waals surface area contributed by atoms with Crippen molar-refractivity contribution in [1.29, 1.82) is 0 Å². The van der Waals surface area contributed by atoms with E-state index in [-0.39, 0.29) is 17.8 Å². The molecule has 2 aromatic carbocycles. The van der Waals surface area contributed by atoms with Gasteiger partial charge in [-0.2, -0.15) is 0 Å². The van der Waals surface area contributed by atoms with Crippen molar-refractivity contribution >= 4 is 29.0 Å². The number of rotatable bonds is 8. The topological polar surface area (TPSA) is 81.5 Å². The molecule has 32 heavy (non-hydrogen) atoms. The third-order valence-corrected chi connectivity index (χ3v) is 6.17. The number of benzene rings is 2. The zero-order valence-electron chi connectivity index (χ0n) is 18.2. The average Bonchev–Trinajstić information content (AvgIpc) is 3.20. The zero-order valence-corrected chi connectivity index (χ0v) is 19.0. The number of nitrogens with one attached hydrogen (secondary N) is 1. The fraction of sp³-hybridized carbons (Fsp3) is 0.348. The molecule has 1 atom stereocenters. The van der Waals surface area contributed by atoms with Crippen LogP contribution in [0.2, 0.25) is 0 Å². The van der Waals surface area contributed by atoms with Gasteiger partial charge < -0.3 is 24.3 Å². The molecule has 3 aromatic rings. The molecule has 0 radical (unpaired) electrons. The van der Waals surface area contributed by atoms with Crippen LogP contribution < -0.4 is 15.0 Å². The normalized spacial score (nSPS) is 14.8. The fourth-order valence-electron chi connectivity index (χ4n) is 3.47. The molecule has 1 aliphatic rings. The maximum atomic E-state index is 12.4. The molecule has 1 aliphatic heterocycles. The first-order valence-electron chi connectivity index (χ1n) is 10.6. The number of carbonyl (C=O) groups is 1. The number of para-hydroxylation sites is 1. The number of hydrogen-bond donors (Lipinski definition) is 1. The number of thioether (sulfide) groups is 1. The van der Waals surface area contributed by atoms with Gasteiger partial charge in [0.25, 0.3) is 0 Å². The summed E-state index contributed by atoms with van der Waals surface area (Å²) in [5.41, 5.74) is 1.91. The summed E-state index contributed by atoms with van der Waals surface area (Å²) in [5, 5.41) is 12.1. The molecule has 0 unspecified atom stereocenters. The Balaban J connectivity index is 1.28. The predicted octanol–water partition coefficient (Wildman–Crippen LogP) is 3.52. The summed E-state index contributed by atoms with van der Waals surface area (Å²) in [7, 11) is 1.88. The highest BCUT2D eigenvalue weighted by atomic mass is 32.2. The van der Waals surface area contributed by atoms with Crippen molar-refractivity contribution in [3.63, 3.8) is 0 Å². The standard InChI is InChI=1S/C23H27N5O3S/c1-17(31-20-6-4-3-5-7-20)22-25-26-23(27(22)2)32-16-21(29)24-18-8-10-19(11-9-18)28-12-14-30-15-13-28/h3-11,17H,12-16H2,1-2H3,(H,24,29)/t17-/m0/s1. The average molecular weight is 454 g/mol. The molecule has 1 aromatic heterocycles. The van der Waals surface area contributed by atoms with Crippen molar-refractivity contribution in [2.24, 2.45) is 7.05 Å². The van der Waals surface area contributed by atoms with Crippen molar-refractivity contribution < 1.29 is 14.3 Å². The molecule has 9 heteroatoms. The lowest BCUT2D eigenvalue weighted by atomic mass is 10.2. The van der Waals surface area contributed by atoms with Crippen molar-refractivity contribution in [3.05, 3.63) is 60.4 Å². The summed E-state index contributed by atoms with van der Waals surface area (Å²) in [6.45, 7) is 5.19. The number of morpholine rings is 1. The number of anilines is 2. The summed E-state index contributed by atoms with van der Waals surface area (Å²) < 4.78 is 13.2. The van der Waals surface area contributed by atoms with Gasteiger partial charge in [-0.05, 0) is 43.3 Å². The van der Waals surface area contributed by atoms with E-state index in [0.717, 1.165) is 43.4 Å². The summed E-state index contributed by atoms with van der Waals surface area (Å²) in [4.78, 5) is 14.7. The van der Waals surface area contributed by atoms with Crippen LogP contribution in [0.15, 0.2) is 59.8 Å². The molecule has 0 spiro atoms. The van der Waals surface area contributed by atoms with E-state index >= 15 is 0 Å². The van der Waals surface area contributed by atoms with E-state index in [1.807, 2.05) is 73.1 Å². The van der Waals surface area contributed by atoms with Gasteiger partial charge >= 0.3 is 0 Å². The molecule has 168 valence electrons. The van der Waals surface area contributed by atoms with E-state index in [0.29, 0.717) is 11.0 Å². The van der Waals surface area contributed by atoms with Crippen LogP contribution >= 0.6 is 11.8 Å². The first-order chi connectivity index (χ1) is 15.6. The maximum absolute atomic E-state index is 12.4. The van der Waals surface area contributed by atoms with Gasteiger partial charge in [0.2, 0.25) is 5.91 Å². The molecule has 0 aliphatic carbocycles. The molecule has 1 saturated heterocycles. The lowest BCUT2D eigenvalue weighted by Gasteiger charge is -2.28. The zero-order chi connectivity index (χ0) is 22.3. The molecule has 1 amide bonds. The molecular formula is C23H27N5O3S.